The van der Waals surface area contributed by atoms with Crippen LogP contribution >= 0.6 is 0 Å². The SMILES string of the molecule is Cc1cc(C)cc(N=C2C(=O)N(CN3CCN(Cc4ccccc4)CC3)c3ccccc32)c1. The molecule has 3 aromatic carbocycles. The van der Waals surface area contributed by atoms with Crippen LogP contribution in [0.2, 0.25) is 0 Å². The van der Waals surface area contributed by atoms with Crippen molar-refractivity contribution in [2.75, 3.05) is 37.7 Å². The van der Waals surface area contributed by atoms with E-state index in [1.807, 2.05) is 41.3 Å². The van der Waals surface area contributed by atoms with E-state index in [0.29, 0.717) is 12.4 Å². The number of carbonyl (C=O) groups is 1. The maximum atomic E-state index is 13.5. The first kappa shape index (κ1) is 21.6. The molecule has 3 aromatic rings. The third-order valence-electron chi connectivity index (χ3n) is 6.40. The monoisotopic (exact) mass is 438 g/mol. The van der Waals surface area contributed by atoms with Gasteiger partial charge in [-0.15, -0.1) is 0 Å². The smallest absolute Gasteiger partial charge is 0.278 e. The van der Waals surface area contributed by atoms with Crippen LogP contribution in [0.1, 0.15) is 22.3 Å². The van der Waals surface area contributed by atoms with Crippen LogP contribution in [0.3, 0.4) is 0 Å². The number of para-hydroxylation sites is 1. The van der Waals surface area contributed by atoms with E-state index >= 15 is 0 Å². The number of anilines is 1. The molecule has 1 fully saturated rings. The Bertz CT molecular complexity index is 1160. The van der Waals surface area contributed by atoms with E-state index in [4.69, 9.17) is 4.99 Å². The third kappa shape index (κ3) is 4.75. The van der Waals surface area contributed by atoms with E-state index in [9.17, 15) is 4.79 Å². The number of carbonyl (C=O) groups excluding carboxylic acids is 1. The van der Waals surface area contributed by atoms with Crippen molar-refractivity contribution in [3.05, 3.63) is 95.1 Å². The molecule has 168 valence electrons. The average molecular weight is 439 g/mol. The molecule has 0 unspecified atom stereocenters. The number of aryl methyl sites for hydroxylation is 2. The molecule has 0 saturated carbocycles. The maximum Gasteiger partial charge on any atom is 0.278 e. The second kappa shape index (κ2) is 9.30. The Morgan fingerprint density at radius 1 is 0.788 bits per heavy atom. The van der Waals surface area contributed by atoms with Crippen molar-refractivity contribution in [3.8, 4) is 0 Å². The van der Waals surface area contributed by atoms with Gasteiger partial charge in [0.1, 0.15) is 5.71 Å². The van der Waals surface area contributed by atoms with Gasteiger partial charge in [-0.3, -0.25) is 19.5 Å². The Kier molecular flexibility index (Phi) is 6.07. The van der Waals surface area contributed by atoms with Crippen molar-refractivity contribution in [1.29, 1.82) is 0 Å². The highest BCUT2D eigenvalue weighted by Gasteiger charge is 2.35. The number of rotatable bonds is 5. The van der Waals surface area contributed by atoms with E-state index in [1.54, 1.807) is 0 Å². The number of hydrogen-bond donors (Lipinski definition) is 0. The highest BCUT2D eigenvalue weighted by Crippen LogP contribution is 2.31. The summed E-state index contributed by atoms with van der Waals surface area (Å²) >= 11 is 0. The fourth-order valence-corrected chi connectivity index (χ4v) is 4.78. The molecule has 1 saturated heterocycles. The van der Waals surface area contributed by atoms with Crippen LogP contribution in [-0.2, 0) is 11.3 Å². The number of hydrogen-bond acceptors (Lipinski definition) is 4. The van der Waals surface area contributed by atoms with E-state index in [1.165, 1.54) is 5.56 Å². The lowest BCUT2D eigenvalue weighted by Gasteiger charge is -2.36. The normalized spacial score (nSPS) is 18.2. The van der Waals surface area contributed by atoms with Crippen LogP contribution in [0, 0.1) is 13.8 Å². The van der Waals surface area contributed by atoms with Crippen LogP contribution in [0.4, 0.5) is 11.4 Å². The summed E-state index contributed by atoms with van der Waals surface area (Å²) in [4.78, 5) is 25.0. The number of fused-ring (bicyclic) bond motifs is 1. The first-order valence-electron chi connectivity index (χ1n) is 11.6. The van der Waals surface area contributed by atoms with E-state index in [-0.39, 0.29) is 5.91 Å². The summed E-state index contributed by atoms with van der Waals surface area (Å²) < 4.78 is 0. The van der Waals surface area contributed by atoms with Gasteiger partial charge in [-0.2, -0.15) is 0 Å². The predicted molar refractivity (Wildman–Crippen MR) is 134 cm³/mol. The summed E-state index contributed by atoms with van der Waals surface area (Å²) in [5.74, 6) is -0.0120. The standard InChI is InChI=1S/C28H30N4O/c1-21-16-22(2)18-24(17-21)29-27-25-10-6-7-11-26(25)32(28(27)33)20-31-14-12-30(13-15-31)19-23-8-4-3-5-9-23/h3-11,16-18H,12-15,19-20H2,1-2H3. The molecule has 0 spiro atoms. The van der Waals surface area contributed by atoms with Crippen LogP contribution in [0.5, 0.6) is 0 Å². The van der Waals surface area contributed by atoms with Crippen molar-refractivity contribution in [2.24, 2.45) is 4.99 Å². The number of amides is 1. The van der Waals surface area contributed by atoms with Crippen LogP contribution in [-0.4, -0.2) is 54.3 Å². The molecule has 2 aliphatic heterocycles. The highest BCUT2D eigenvalue weighted by molar-refractivity contribution is 6.54. The zero-order valence-electron chi connectivity index (χ0n) is 19.4. The number of piperazine rings is 1. The van der Waals surface area contributed by atoms with Crippen LogP contribution in [0.25, 0.3) is 0 Å². The quantitative estimate of drug-likeness (QED) is 0.587. The minimum absolute atomic E-state index is 0.0120. The number of benzene rings is 3. The molecule has 2 aliphatic rings. The van der Waals surface area contributed by atoms with Gasteiger partial charge in [-0.25, -0.2) is 4.99 Å². The summed E-state index contributed by atoms with van der Waals surface area (Å²) in [5, 5.41) is 0. The Morgan fingerprint density at radius 3 is 2.15 bits per heavy atom. The minimum Gasteiger partial charge on any atom is -0.297 e. The van der Waals surface area contributed by atoms with Crippen molar-refractivity contribution in [3.63, 3.8) is 0 Å². The Morgan fingerprint density at radius 2 is 1.42 bits per heavy atom. The van der Waals surface area contributed by atoms with Gasteiger partial charge in [0, 0.05) is 38.3 Å². The number of aliphatic imine (C=N–C) groups is 1. The van der Waals surface area contributed by atoms with Crippen molar-refractivity contribution >= 4 is 23.0 Å². The molecule has 0 bridgehead atoms. The van der Waals surface area contributed by atoms with Gasteiger partial charge < -0.3 is 0 Å². The molecular formula is C28H30N4O. The second-order valence-electron chi connectivity index (χ2n) is 9.08. The van der Waals surface area contributed by atoms with Gasteiger partial charge in [-0.05, 0) is 48.7 Å². The average Bonchev–Trinajstić information content (AvgIpc) is 3.06. The predicted octanol–water partition coefficient (Wildman–Crippen LogP) is 4.55. The van der Waals surface area contributed by atoms with Crippen LogP contribution < -0.4 is 4.90 Å². The summed E-state index contributed by atoms with van der Waals surface area (Å²) in [6, 6.07) is 24.8. The third-order valence-corrected chi connectivity index (χ3v) is 6.40. The van der Waals surface area contributed by atoms with Gasteiger partial charge in [-0.1, -0.05) is 54.6 Å². The largest absolute Gasteiger partial charge is 0.297 e. The van der Waals surface area contributed by atoms with Crippen molar-refractivity contribution in [2.45, 2.75) is 20.4 Å². The molecular weight excluding hydrogens is 408 g/mol. The lowest BCUT2D eigenvalue weighted by atomic mass is 10.1. The summed E-state index contributed by atoms with van der Waals surface area (Å²) in [6.07, 6.45) is 0. The van der Waals surface area contributed by atoms with E-state index in [0.717, 1.165) is 60.8 Å². The first-order chi connectivity index (χ1) is 16.1. The minimum atomic E-state index is -0.0120. The first-order valence-corrected chi connectivity index (χ1v) is 11.6. The molecule has 5 heteroatoms. The van der Waals surface area contributed by atoms with Gasteiger partial charge in [0.05, 0.1) is 18.0 Å². The topological polar surface area (TPSA) is 39.2 Å². The maximum absolute atomic E-state index is 13.5. The molecule has 1 amide bonds. The van der Waals surface area contributed by atoms with Gasteiger partial charge in [0.2, 0.25) is 0 Å². The molecule has 5 nitrogen and oxygen atoms in total. The van der Waals surface area contributed by atoms with Gasteiger partial charge in [0.25, 0.3) is 5.91 Å². The van der Waals surface area contributed by atoms with Crippen LogP contribution in [0.15, 0.2) is 77.8 Å². The lowest BCUT2D eigenvalue weighted by Crippen LogP contribution is -2.50. The summed E-state index contributed by atoms with van der Waals surface area (Å²) in [7, 11) is 0. The molecule has 5 rings (SSSR count). The Balaban J connectivity index is 1.30. The molecule has 33 heavy (non-hydrogen) atoms. The second-order valence-corrected chi connectivity index (χ2v) is 9.08. The Hall–Kier alpha value is -3.28. The molecule has 0 radical (unpaired) electrons. The zero-order chi connectivity index (χ0) is 22.8. The summed E-state index contributed by atoms with van der Waals surface area (Å²) in [5.41, 5.74) is 6.90. The fourth-order valence-electron chi connectivity index (χ4n) is 4.78. The van der Waals surface area contributed by atoms with E-state index in [2.05, 4.69) is 60.0 Å². The highest BCUT2D eigenvalue weighted by atomic mass is 16.2. The number of nitrogens with zero attached hydrogens (tertiary/aromatic N) is 4. The molecule has 0 aromatic heterocycles. The van der Waals surface area contributed by atoms with Crippen molar-refractivity contribution < 1.29 is 4.79 Å². The lowest BCUT2D eigenvalue weighted by molar-refractivity contribution is -0.112. The van der Waals surface area contributed by atoms with Gasteiger partial charge in [0.15, 0.2) is 0 Å². The van der Waals surface area contributed by atoms with E-state index < -0.39 is 0 Å². The molecule has 0 N–H and O–H groups in total. The molecule has 0 aliphatic carbocycles. The zero-order valence-corrected chi connectivity index (χ0v) is 19.4. The fraction of sp³-hybridized carbons (Fsp3) is 0.286. The van der Waals surface area contributed by atoms with Gasteiger partial charge >= 0.3 is 0 Å². The van der Waals surface area contributed by atoms with Crippen molar-refractivity contribution in [1.82, 2.24) is 9.80 Å². The summed E-state index contributed by atoms with van der Waals surface area (Å²) in [6.45, 7) is 9.60. The molecule has 2 heterocycles. The molecule has 0 atom stereocenters. The Labute approximate surface area is 196 Å².